The fourth-order valence-corrected chi connectivity index (χ4v) is 2.32. The van der Waals surface area contributed by atoms with Gasteiger partial charge in [0, 0.05) is 31.0 Å². The van der Waals surface area contributed by atoms with E-state index in [0.717, 1.165) is 11.3 Å². The molecule has 0 radical (unpaired) electrons. The highest BCUT2D eigenvalue weighted by Gasteiger charge is 2.12. The van der Waals surface area contributed by atoms with Gasteiger partial charge in [0.25, 0.3) is 0 Å². The van der Waals surface area contributed by atoms with Crippen molar-refractivity contribution in [1.82, 2.24) is 30.5 Å². The van der Waals surface area contributed by atoms with Crippen LogP contribution in [-0.4, -0.2) is 44.1 Å². The molecule has 3 heterocycles. The third-order valence-corrected chi connectivity index (χ3v) is 3.66. The van der Waals surface area contributed by atoms with Gasteiger partial charge >= 0.3 is 0 Å². The Labute approximate surface area is 144 Å². The molecule has 9 heteroatoms. The van der Waals surface area contributed by atoms with Crippen LogP contribution >= 0.6 is 0 Å². The SMILES string of the molecule is Cc1noc(C)c1CC(=O)NCCNc1ccc(-n2cccn2)nn1. The van der Waals surface area contributed by atoms with Crippen molar-refractivity contribution < 1.29 is 9.32 Å². The van der Waals surface area contributed by atoms with Crippen LogP contribution in [0.5, 0.6) is 0 Å². The molecule has 3 aromatic rings. The highest BCUT2D eigenvalue weighted by molar-refractivity contribution is 5.79. The van der Waals surface area contributed by atoms with Gasteiger partial charge in [-0.3, -0.25) is 4.79 Å². The molecular formula is C16H19N7O2. The minimum Gasteiger partial charge on any atom is -0.367 e. The van der Waals surface area contributed by atoms with Crippen LogP contribution in [0.1, 0.15) is 17.0 Å². The quantitative estimate of drug-likeness (QED) is 0.618. The van der Waals surface area contributed by atoms with Crippen molar-refractivity contribution in [3.05, 3.63) is 47.6 Å². The molecule has 0 saturated carbocycles. The van der Waals surface area contributed by atoms with Crippen molar-refractivity contribution in [1.29, 1.82) is 0 Å². The maximum atomic E-state index is 12.0. The Kier molecular flexibility index (Phi) is 5.03. The summed E-state index contributed by atoms with van der Waals surface area (Å²) < 4.78 is 6.68. The summed E-state index contributed by atoms with van der Waals surface area (Å²) in [7, 11) is 0. The summed E-state index contributed by atoms with van der Waals surface area (Å²) in [5, 5.41) is 22.1. The molecule has 0 unspecified atom stereocenters. The van der Waals surface area contributed by atoms with Crippen LogP contribution in [-0.2, 0) is 11.2 Å². The first-order valence-electron chi connectivity index (χ1n) is 7.89. The van der Waals surface area contributed by atoms with Gasteiger partial charge in [0.15, 0.2) is 5.82 Å². The number of hydrogen-bond acceptors (Lipinski definition) is 7. The van der Waals surface area contributed by atoms with Gasteiger partial charge in [0.2, 0.25) is 5.91 Å². The third kappa shape index (κ3) is 4.19. The number of rotatable bonds is 7. The molecule has 130 valence electrons. The molecule has 0 aromatic carbocycles. The number of amides is 1. The van der Waals surface area contributed by atoms with E-state index in [1.165, 1.54) is 0 Å². The largest absolute Gasteiger partial charge is 0.367 e. The van der Waals surface area contributed by atoms with Crippen molar-refractivity contribution in [2.75, 3.05) is 18.4 Å². The molecule has 25 heavy (non-hydrogen) atoms. The molecule has 9 nitrogen and oxygen atoms in total. The van der Waals surface area contributed by atoms with E-state index >= 15 is 0 Å². The first-order valence-corrected chi connectivity index (χ1v) is 7.89. The number of hydrogen-bond donors (Lipinski definition) is 2. The van der Waals surface area contributed by atoms with Gasteiger partial charge in [-0.1, -0.05) is 5.16 Å². The highest BCUT2D eigenvalue weighted by atomic mass is 16.5. The zero-order valence-electron chi connectivity index (χ0n) is 14.1. The van der Waals surface area contributed by atoms with Crippen LogP contribution < -0.4 is 10.6 Å². The van der Waals surface area contributed by atoms with E-state index in [4.69, 9.17) is 4.52 Å². The molecule has 3 aromatic heterocycles. The zero-order chi connectivity index (χ0) is 17.6. The predicted octanol–water partition coefficient (Wildman–Crippen LogP) is 1.04. The molecule has 2 N–H and O–H groups in total. The summed E-state index contributed by atoms with van der Waals surface area (Å²) in [5.41, 5.74) is 1.59. The van der Waals surface area contributed by atoms with Crippen molar-refractivity contribution in [2.45, 2.75) is 20.3 Å². The minimum absolute atomic E-state index is 0.0729. The van der Waals surface area contributed by atoms with Gasteiger partial charge in [-0.25, -0.2) is 4.68 Å². The van der Waals surface area contributed by atoms with Gasteiger partial charge < -0.3 is 15.2 Å². The number of aromatic nitrogens is 5. The smallest absolute Gasteiger partial charge is 0.224 e. The van der Waals surface area contributed by atoms with Crippen LogP contribution in [0.4, 0.5) is 5.82 Å². The van der Waals surface area contributed by atoms with E-state index in [0.29, 0.717) is 30.5 Å². The van der Waals surface area contributed by atoms with Crippen molar-refractivity contribution >= 4 is 11.7 Å². The lowest BCUT2D eigenvalue weighted by Gasteiger charge is -2.07. The molecule has 3 rings (SSSR count). The second-order valence-corrected chi connectivity index (χ2v) is 5.48. The lowest BCUT2D eigenvalue weighted by Crippen LogP contribution is -2.30. The topological polar surface area (TPSA) is 111 Å². The van der Waals surface area contributed by atoms with Gasteiger partial charge in [-0.05, 0) is 32.0 Å². The molecule has 0 aliphatic heterocycles. The summed E-state index contributed by atoms with van der Waals surface area (Å²) in [6.45, 7) is 4.65. The summed E-state index contributed by atoms with van der Waals surface area (Å²) in [4.78, 5) is 12.0. The number of nitrogens with zero attached hydrogens (tertiary/aromatic N) is 5. The Morgan fingerprint density at radius 3 is 2.76 bits per heavy atom. The van der Waals surface area contributed by atoms with Crippen molar-refractivity contribution in [3.63, 3.8) is 0 Å². The number of carbonyl (C=O) groups excluding carboxylic acids is 1. The lowest BCUT2D eigenvalue weighted by molar-refractivity contribution is -0.120. The first-order chi connectivity index (χ1) is 12.1. The highest BCUT2D eigenvalue weighted by Crippen LogP contribution is 2.12. The van der Waals surface area contributed by atoms with Crippen LogP contribution in [0.15, 0.2) is 35.1 Å². The molecule has 0 fully saturated rings. The molecule has 0 aliphatic rings. The zero-order valence-corrected chi connectivity index (χ0v) is 14.1. The van der Waals surface area contributed by atoms with E-state index in [1.54, 1.807) is 24.0 Å². The van der Waals surface area contributed by atoms with Crippen LogP contribution in [0, 0.1) is 13.8 Å². The predicted molar refractivity (Wildman–Crippen MR) is 90.3 cm³/mol. The van der Waals surface area contributed by atoms with Gasteiger partial charge in [-0.2, -0.15) is 5.10 Å². The van der Waals surface area contributed by atoms with Gasteiger partial charge in [0.05, 0.1) is 12.1 Å². The molecule has 1 amide bonds. The van der Waals surface area contributed by atoms with E-state index in [2.05, 4.69) is 31.1 Å². The number of anilines is 1. The fourth-order valence-electron chi connectivity index (χ4n) is 2.32. The van der Waals surface area contributed by atoms with Crippen molar-refractivity contribution in [2.24, 2.45) is 0 Å². The molecule has 0 aliphatic carbocycles. The molecule has 0 atom stereocenters. The standard InChI is InChI=1S/C16H19N7O2/c1-11-13(12(2)25-22-11)10-16(24)18-8-7-17-14-4-5-15(21-20-14)23-9-3-6-19-23/h3-6,9H,7-8,10H2,1-2H3,(H,17,20)(H,18,24). The number of carbonyl (C=O) groups is 1. The lowest BCUT2D eigenvalue weighted by atomic mass is 10.1. The Morgan fingerprint density at radius 1 is 1.24 bits per heavy atom. The van der Waals surface area contributed by atoms with E-state index in [1.807, 2.05) is 25.1 Å². The van der Waals surface area contributed by atoms with Gasteiger partial charge in [-0.15, -0.1) is 10.2 Å². The van der Waals surface area contributed by atoms with E-state index in [9.17, 15) is 4.79 Å². The van der Waals surface area contributed by atoms with Crippen LogP contribution in [0.25, 0.3) is 5.82 Å². The molecule has 0 bridgehead atoms. The Morgan fingerprint density at radius 2 is 2.12 bits per heavy atom. The molecule has 0 saturated heterocycles. The maximum absolute atomic E-state index is 12.0. The number of nitrogens with one attached hydrogen (secondary N) is 2. The first kappa shape index (κ1) is 16.6. The monoisotopic (exact) mass is 341 g/mol. The second-order valence-electron chi connectivity index (χ2n) is 5.48. The van der Waals surface area contributed by atoms with Crippen molar-refractivity contribution in [3.8, 4) is 5.82 Å². The third-order valence-electron chi connectivity index (χ3n) is 3.66. The summed E-state index contributed by atoms with van der Waals surface area (Å²) in [6, 6.07) is 5.45. The number of aryl methyl sites for hydroxylation is 2. The van der Waals surface area contributed by atoms with Crippen LogP contribution in [0.3, 0.4) is 0 Å². The summed E-state index contributed by atoms with van der Waals surface area (Å²) >= 11 is 0. The van der Waals surface area contributed by atoms with E-state index < -0.39 is 0 Å². The van der Waals surface area contributed by atoms with E-state index in [-0.39, 0.29) is 12.3 Å². The van der Waals surface area contributed by atoms with Crippen LogP contribution in [0.2, 0.25) is 0 Å². The second kappa shape index (κ2) is 7.56. The fraction of sp³-hybridized carbons (Fsp3) is 0.312. The molecular weight excluding hydrogens is 322 g/mol. The summed E-state index contributed by atoms with van der Waals surface area (Å²) in [6.07, 6.45) is 3.74. The van der Waals surface area contributed by atoms with Gasteiger partial charge in [0.1, 0.15) is 11.6 Å². The maximum Gasteiger partial charge on any atom is 0.224 e. The Bertz CT molecular complexity index is 805. The minimum atomic E-state index is -0.0729. The Hall–Kier alpha value is -3.23. The average Bonchev–Trinajstić information content (AvgIpc) is 3.25. The summed E-state index contributed by atoms with van der Waals surface area (Å²) in [5.74, 6) is 1.88. The average molecular weight is 341 g/mol. The normalized spacial score (nSPS) is 10.6. The molecule has 0 spiro atoms. The Balaban J connectivity index is 1.42.